The minimum atomic E-state index is -0.165. The van der Waals surface area contributed by atoms with Gasteiger partial charge in [0.15, 0.2) is 5.65 Å². The summed E-state index contributed by atoms with van der Waals surface area (Å²) in [6.45, 7) is 2.96. The zero-order valence-corrected chi connectivity index (χ0v) is 10.4. The Kier molecular flexibility index (Phi) is 3.88. The quantitative estimate of drug-likeness (QED) is 0.799. The highest BCUT2D eigenvalue weighted by molar-refractivity contribution is 5.99. The minimum Gasteiger partial charge on any atom is -0.351 e. The predicted octanol–water partition coefficient (Wildman–Crippen LogP) is 0.370. The van der Waals surface area contributed by atoms with E-state index < -0.39 is 0 Å². The Morgan fingerprint density at radius 3 is 3.06 bits per heavy atom. The van der Waals surface area contributed by atoms with Crippen molar-refractivity contribution in [2.45, 2.75) is 19.8 Å². The zero-order chi connectivity index (χ0) is 13.0. The predicted molar refractivity (Wildman–Crippen MR) is 68.4 cm³/mol. The van der Waals surface area contributed by atoms with Crippen molar-refractivity contribution in [3.05, 3.63) is 29.7 Å². The molecule has 2 aromatic heterocycles. The maximum absolute atomic E-state index is 11.9. The molecule has 1 amide bonds. The molecule has 3 N–H and O–H groups in total. The van der Waals surface area contributed by atoms with Gasteiger partial charge in [0.2, 0.25) is 0 Å². The lowest BCUT2D eigenvalue weighted by Crippen LogP contribution is -2.29. The second-order valence-electron chi connectivity index (χ2n) is 4.03. The Balaban J connectivity index is 2.37. The number of rotatable bonds is 5. The number of hydrogen-bond donors (Lipinski definition) is 2. The Bertz CT molecular complexity index is 548. The van der Waals surface area contributed by atoms with Gasteiger partial charge in [-0.05, 0) is 18.6 Å². The van der Waals surface area contributed by atoms with Gasteiger partial charge in [-0.1, -0.05) is 6.92 Å². The number of nitrogens with zero attached hydrogens (tertiary/aromatic N) is 3. The van der Waals surface area contributed by atoms with Crippen LogP contribution in [0.15, 0.2) is 18.3 Å². The van der Waals surface area contributed by atoms with Crippen LogP contribution in [0.1, 0.15) is 29.5 Å². The van der Waals surface area contributed by atoms with E-state index in [1.165, 1.54) is 0 Å². The van der Waals surface area contributed by atoms with Crippen molar-refractivity contribution in [3.63, 3.8) is 0 Å². The fourth-order valence-electron chi connectivity index (χ4n) is 1.82. The highest BCUT2D eigenvalue weighted by atomic mass is 16.1. The first kappa shape index (κ1) is 12.5. The molecule has 6 nitrogen and oxygen atoms in total. The van der Waals surface area contributed by atoms with E-state index in [4.69, 9.17) is 5.73 Å². The van der Waals surface area contributed by atoms with Crippen LogP contribution in [0.5, 0.6) is 0 Å². The summed E-state index contributed by atoms with van der Waals surface area (Å²) in [6, 6.07) is 3.57. The Morgan fingerprint density at radius 1 is 1.50 bits per heavy atom. The summed E-state index contributed by atoms with van der Waals surface area (Å²) in [5.74, 6) is 0.711. The van der Waals surface area contributed by atoms with E-state index in [0.29, 0.717) is 24.3 Å². The summed E-state index contributed by atoms with van der Waals surface area (Å²) in [7, 11) is 0. The van der Waals surface area contributed by atoms with Crippen LogP contribution in [0.4, 0.5) is 0 Å². The van der Waals surface area contributed by atoms with Gasteiger partial charge in [0.05, 0.1) is 5.56 Å². The van der Waals surface area contributed by atoms with Gasteiger partial charge in [-0.25, -0.2) is 0 Å². The number of carbonyl (C=O) groups excluding carboxylic acids is 1. The van der Waals surface area contributed by atoms with Gasteiger partial charge in [0.25, 0.3) is 5.91 Å². The molecule has 18 heavy (non-hydrogen) atoms. The number of fused-ring (bicyclic) bond motifs is 1. The van der Waals surface area contributed by atoms with Gasteiger partial charge in [-0.2, -0.15) is 0 Å². The molecule has 0 saturated carbocycles. The molecule has 0 bridgehead atoms. The van der Waals surface area contributed by atoms with Crippen LogP contribution in [0.25, 0.3) is 5.65 Å². The van der Waals surface area contributed by atoms with Crippen molar-refractivity contribution in [1.82, 2.24) is 19.9 Å². The number of pyridine rings is 1. The van der Waals surface area contributed by atoms with Crippen molar-refractivity contribution in [2.24, 2.45) is 5.73 Å². The van der Waals surface area contributed by atoms with Gasteiger partial charge < -0.3 is 11.1 Å². The molecule has 0 radical (unpaired) electrons. The number of aryl methyl sites for hydroxylation is 1. The second-order valence-corrected chi connectivity index (χ2v) is 4.03. The van der Waals surface area contributed by atoms with Gasteiger partial charge in [0, 0.05) is 25.7 Å². The third-order valence-electron chi connectivity index (χ3n) is 2.65. The molecule has 0 aromatic carbocycles. The molecule has 2 aromatic rings. The molecular weight excluding hydrogens is 230 g/mol. The lowest BCUT2D eigenvalue weighted by Gasteiger charge is -2.04. The van der Waals surface area contributed by atoms with Crippen LogP contribution in [0, 0.1) is 0 Å². The van der Waals surface area contributed by atoms with Crippen LogP contribution in [-0.2, 0) is 6.42 Å². The summed E-state index contributed by atoms with van der Waals surface area (Å²) in [6.07, 6.45) is 3.71. The molecule has 0 unspecified atom stereocenters. The summed E-state index contributed by atoms with van der Waals surface area (Å²) in [5.41, 5.74) is 6.48. The maximum atomic E-state index is 11.9. The van der Waals surface area contributed by atoms with E-state index in [9.17, 15) is 4.79 Å². The number of hydrogen-bond acceptors (Lipinski definition) is 4. The van der Waals surface area contributed by atoms with Crippen LogP contribution < -0.4 is 11.1 Å². The summed E-state index contributed by atoms with van der Waals surface area (Å²) in [5, 5.41) is 10.9. The van der Waals surface area contributed by atoms with Crippen LogP contribution in [-0.4, -0.2) is 33.6 Å². The first-order chi connectivity index (χ1) is 8.77. The van der Waals surface area contributed by atoms with Crippen molar-refractivity contribution < 1.29 is 4.79 Å². The Labute approximate surface area is 105 Å². The first-order valence-electron chi connectivity index (χ1n) is 6.08. The summed E-state index contributed by atoms with van der Waals surface area (Å²) >= 11 is 0. The average Bonchev–Trinajstić information content (AvgIpc) is 2.80. The molecule has 0 atom stereocenters. The number of nitrogens with two attached hydrogens (primary N) is 1. The molecule has 0 fully saturated rings. The molecule has 96 valence electrons. The fraction of sp³-hybridized carbons (Fsp3) is 0.417. The van der Waals surface area contributed by atoms with Crippen LogP contribution in [0.3, 0.4) is 0 Å². The summed E-state index contributed by atoms with van der Waals surface area (Å²) in [4.78, 5) is 11.9. The van der Waals surface area contributed by atoms with E-state index >= 15 is 0 Å². The normalized spacial score (nSPS) is 10.8. The van der Waals surface area contributed by atoms with Gasteiger partial charge in [-0.15, -0.1) is 10.2 Å². The largest absolute Gasteiger partial charge is 0.351 e. The number of amides is 1. The molecule has 0 aliphatic rings. The van der Waals surface area contributed by atoms with E-state index in [1.54, 1.807) is 6.07 Å². The fourth-order valence-corrected chi connectivity index (χ4v) is 1.82. The van der Waals surface area contributed by atoms with Crippen molar-refractivity contribution >= 4 is 11.6 Å². The van der Waals surface area contributed by atoms with E-state index in [-0.39, 0.29) is 5.91 Å². The number of carbonyl (C=O) groups is 1. The zero-order valence-electron chi connectivity index (χ0n) is 10.4. The van der Waals surface area contributed by atoms with Crippen LogP contribution in [0.2, 0.25) is 0 Å². The SMILES string of the molecule is CCCc1nnc2c(C(=O)NCCN)cccn12. The molecule has 6 heteroatoms. The third-order valence-corrected chi connectivity index (χ3v) is 2.65. The van der Waals surface area contributed by atoms with Gasteiger partial charge >= 0.3 is 0 Å². The number of aromatic nitrogens is 3. The van der Waals surface area contributed by atoms with Gasteiger partial charge in [-0.3, -0.25) is 9.20 Å². The molecule has 0 saturated heterocycles. The van der Waals surface area contributed by atoms with E-state index in [0.717, 1.165) is 18.7 Å². The van der Waals surface area contributed by atoms with Crippen LogP contribution >= 0.6 is 0 Å². The van der Waals surface area contributed by atoms with Gasteiger partial charge in [0.1, 0.15) is 5.82 Å². The van der Waals surface area contributed by atoms with Crippen molar-refractivity contribution in [2.75, 3.05) is 13.1 Å². The Morgan fingerprint density at radius 2 is 2.33 bits per heavy atom. The highest BCUT2D eigenvalue weighted by Gasteiger charge is 2.13. The molecule has 2 heterocycles. The van der Waals surface area contributed by atoms with E-state index in [1.807, 2.05) is 16.7 Å². The Hall–Kier alpha value is -1.95. The van der Waals surface area contributed by atoms with Crippen molar-refractivity contribution in [3.8, 4) is 0 Å². The molecule has 0 aliphatic carbocycles. The lowest BCUT2D eigenvalue weighted by molar-refractivity contribution is 0.0956. The molecule has 0 aliphatic heterocycles. The average molecular weight is 247 g/mol. The van der Waals surface area contributed by atoms with Crippen molar-refractivity contribution in [1.29, 1.82) is 0 Å². The molecule has 0 spiro atoms. The third kappa shape index (κ3) is 2.33. The highest BCUT2D eigenvalue weighted by Crippen LogP contribution is 2.11. The standard InChI is InChI=1S/C12H17N5O/c1-2-4-10-15-16-11-9(5-3-8-17(10)11)12(18)14-7-6-13/h3,5,8H,2,4,6-7,13H2,1H3,(H,14,18). The van der Waals surface area contributed by atoms with E-state index in [2.05, 4.69) is 22.4 Å². The molecular formula is C12H17N5O. The smallest absolute Gasteiger partial charge is 0.255 e. The lowest BCUT2D eigenvalue weighted by atomic mass is 10.2. The minimum absolute atomic E-state index is 0.165. The summed E-state index contributed by atoms with van der Waals surface area (Å²) < 4.78 is 1.86. The monoisotopic (exact) mass is 247 g/mol. The topological polar surface area (TPSA) is 85.3 Å². The maximum Gasteiger partial charge on any atom is 0.255 e. The number of nitrogens with one attached hydrogen (secondary N) is 1. The molecule has 2 rings (SSSR count). The first-order valence-corrected chi connectivity index (χ1v) is 6.08. The second kappa shape index (κ2) is 5.59.